The van der Waals surface area contributed by atoms with E-state index in [9.17, 15) is 0 Å². The molecule has 18 heavy (non-hydrogen) atoms. The van der Waals surface area contributed by atoms with Gasteiger partial charge in [-0.3, -0.25) is 0 Å². The highest BCUT2D eigenvalue weighted by Crippen LogP contribution is 2.11. The van der Waals surface area contributed by atoms with E-state index in [0.717, 1.165) is 11.1 Å². The van der Waals surface area contributed by atoms with E-state index < -0.39 is 0 Å². The molecule has 0 amide bonds. The lowest BCUT2D eigenvalue weighted by molar-refractivity contribution is 1.61. The molecule has 0 saturated heterocycles. The molecule has 0 N–H and O–H groups in total. The third kappa shape index (κ3) is 3.08. The minimum atomic E-state index is 1.14. The predicted molar refractivity (Wildman–Crippen MR) is 82.0 cm³/mol. The Labute approximate surface area is 109 Å². The van der Waals surface area contributed by atoms with Gasteiger partial charge in [-0.2, -0.15) is 0 Å². The van der Waals surface area contributed by atoms with Crippen molar-refractivity contribution in [1.29, 1.82) is 0 Å². The molecule has 2 aromatic rings. The number of hydrogen-bond donors (Lipinski definition) is 0. The van der Waals surface area contributed by atoms with Gasteiger partial charge in [0.15, 0.2) is 0 Å². The molecule has 0 unspecified atom stereocenters. The molecule has 0 aliphatic heterocycles. The second kappa shape index (κ2) is 5.83. The SMILES string of the molecule is C=Cc1ccc(/C=C\c2ccc(C=C)cc2)cc1. The zero-order valence-corrected chi connectivity index (χ0v) is 10.3. The highest BCUT2D eigenvalue weighted by molar-refractivity contribution is 5.70. The first-order valence-electron chi connectivity index (χ1n) is 5.95. The summed E-state index contributed by atoms with van der Waals surface area (Å²) in [5.74, 6) is 0. The lowest BCUT2D eigenvalue weighted by atomic mass is 10.1. The van der Waals surface area contributed by atoms with Crippen LogP contribution in [0.25, 0.3) is 24.3 Å². The third-order valence-electron chi connectivity index (χ3n) is 2.81. The van der Waals surface area contributed by atoms with Crippen LogP contribution < -0.4 is 0 Å². The minimum Gasteiger partial charge on any atom is -0.0985 e. The Morgan fingerprint density at radius 1 is 0.500 bits per heavy atom. The van der Waals surface area contributed by atoms with Crippen molar-refractivity contribution in [3.05, 3.63) is 83.9 Å². The zero-order valence-electron chi connectivity index (χ0n) is 10.3. The van der Waals surface area contributed by atoms with Crippen LogP contribution in [-0.2, 0) is 0 Å². The molecular formula is C18H16. The second-order valence-corrected chi connectivity index (χ2v) is 4.07. The fraction of sp³-hybridized carbons (Fsp3) is 0. The van der Waals surface area contributed by atoms with Crippen LogP contribution in [-0.4, -0.2) is 0 Å². The lowest BCUT2D eigenvalue weighted by Gasteiger charge is -1.97. The monoisotopic (exact) mass is 232 g/mol. The molecule has 0 aliphatic carbocycles. The van der Waals surface area contributed by atoms with Crippen molar-refractivity contribution in [2.24, 2.45) is 0 Å². The van der Waals surface area contributed by atoms with Crippen molar-refractivity contribution in [2.45, 2.75) is 0 Å². The summed E-state index contributed by atoms with van der Waals surface area (Å²) < 4.78 is 0. The largest absolute Gasteiger partial charge is 0.0985 e. The average Bonchev–Trinajstić information content (AvgIpc) is 2.46. The van der Waals surface area contributed by atoms with Gasteiger partial charge >= 0.3 is 0 Å². The summed E-state index contributed by atoms with van der Waals surface area (Å²) in [5.41, 5.74) is 4.66. The van der Waals surface area contributed by atoms with Crippen molar-refractivity contribution in [3.8, 4) is 0 Å². The van der Waals surface area contributed by atoms with Gasteiger partial charge in [-0.25, -0.2) is 0 Å². The van der Waals surface area contributed by atoms with E-state index in [0.29, 0.717) is 0 Å². The van der Waals surface area contributed by atoms with Crippen LogP contribution in [0.2, 0.25) is 0 Å². The van der Waals surface area contributed by atoms with Crippen molar-refractivity contribution in [1.82, 2.24) is 0 Å². The standard InChI is InChI=1S/C18H16/c1-3-15-5-9-17(10-6-15)13-14-18-11-7-16(4-2)8-12-18/h3-14H,1-2H2/b14-13-. The van der Waals surface area contributed by atoms with Crippen molar-refractivity contribution < 1.29 is 0 Å². The highest BCUT2D eigenvalue weighted by Gasteiger charge is 1.90. The van der Waals surface area contributed by atoms with Crippen LogP contribution in [0, 0.1) is 0 Å². The number of hydrogen-bond acceptors (Lipinski definition) is 0. The average molecular weight is 232 g/mol. The Morgan fingerprint density at radius 3 is 1.06 bits per heavy atom. The normalized spacial score (nSPS) is 10.4. The molecule has 0 fully saturated rings. The molecule has 0 heterocycles. The first kappa shape index (κ1) is 12.1. The molecule has 88 valence electrons. The third-order valence-corrected chi connectivity index (χ3v) is 2.81. The van der Waals surface area contributed by atoms with Crippen LogP contribution in [0.5, 0.6) is 0 Å². The number of rotatable bonds is 4. The zero-order chi connectivity index (χ0) is 12.8. The minimum absolute atomic E-state index is 1.14. The lowest BCUT2D eigenvalue weighted by Crippen LogP contribution is -1.75. The maximum absolute atomic E-state index is 3.74. The van der Waals surface area contributed by atoms with E-state index in [1.54, 1.807) is 0 Å². The van der Waals surface area contributed by atoms with E-state index in [4.69, 9.17) is 0 Å². The van der Waals surface area contributed by atoms with E-state index in [2.05, 4.69) is 73.8 Å². The first-order chi connectivity index (χ1) is 8.81. The fourth-order valence-corrected chi connectivity index (χ4v) is 1.68. The van der Waals surface area contributed by atoms with Crippen LogP contribution >= 0.6 is 0 Å². The molecule has 0 spiro atoms. The van der Waals surface area contributed by atoms with E-state index in [1.807, 2.05) is 12.2 Å². The van der Waals surface area contributed by atoms with Gasteiger partial charge in [0.2, 0.25) is 0 Å². The molecular weight excluding hydrogens is 216 g/mol. The summed E-state index contributed by atoms with van der Waals surface area (Å²) in [4.78, 5) is 0. The predicted octanol–water partition coefficient (Wildman–Crippen LogP) is 5.14. The van der Waals surface area contributed by atoms with Gasteiger partial charge in [-0.1, -0.05) is 86.0 Å². The Bertz CT molecular complexity index is 500. The maximum atomic E-state index is 3.74. The quantitative estimate of drug-likeness (QED) is 0.640. The number of benzene rings is 2. The van der Waals surface area contributed by atoms with Crippen LogP contribution in [0.1, 0.15) is 22.3 Å². The summed E-state index contributed by atoms with van der Waals surface area (Å²) >= 11 is 0. The fourth-order valence-electron chi connectivity index (χ4n) is 1.68. The summed E-state index contributed by atoms with van der Waals surface area (Å²) in [7, 11) is 0. The van der Waals surface area contributed by atoms with E-state index in [-0.39, 0.29) is 0 Å². The van der Waals surface area contributed by atoms with Gasteiger partial charge in [-0.15, -0.1) is 0 Å². The molecule has 2 aromatic carbocycles. The summed E-state index contributed by atoms with van der Waals surface area (Å²) in [6.07, 6.45) is 7.91. The molecule has 0 aromatic heterocycles. The van der Waals surface area contributed by atoms with Crippen molar-refractivity contribution >= 4 is 24.3 Å². The molecule has 2 rings (SSSR count). The Hall–Kier alpha value is -2.34. The Balaban J connectivity index is 2.13. The van der Waals surface area contributed by atoms with Gasteiger partial charge in [0.05, 0.1) is 0 Å². The van der Waals surface area contributed by atoms with Crippen LogP contribution in [0.4, 0.5) is 0 Å². The van der Waals surface area contributed by atoms with Crippen LogP contribution in [0.15, 0.2) is 61.7 Å². The van der Waals surface area contributed by atoms with Gasteiger partial charge in [0, 0.05) is 0 Å². The first-order valence-corrected chi connectivity index (χ1v) is 5.95. The summed E-state index contributed by atoms with van der Waals surface area (Å²) in [6.45, 7) is 7.49. The van der Waals surface area contributed by atoms with Crippen molar-refractivity contribution in [3.63, 3.8) is 0 Å². The van der Waals surface area contributed by atoms with Gasteiger partial charge in [0.25, 0.3) is 0 Å². The molecule has 0 nitrogen and oxygen atoms in total. The van der Waals surface area contributed by atoms with Crippen molar-refractivity contribution in [2.75, 3.05) is 0 Å². The topological polar surface area (TPSA) is 0 Å². The Morgan fingerprint density at radius 2 is 0.778 bits per heavy atom. The maximum Gasteiger partial charge on any atom is -0.0256 e. The molecule has 0 bridgehead atoms. The van der Waals surface area contributed by atoms with Gasteiger partial charge < -0.3 is 0 Å². The smallest absolute Gasteiger partial charge is 0.0256 e. The van der Waals surface area contributed by atoms with Gasteiger partial charge in [0.1, 0.15) is 0 Å². The van der Waals surface area contributed by atoms with E-state index in [1.165, 1.54) is 11.1 Å². The molecule has 0 radical (unpaired) electrons. The second-order valence-electron chi connectivity index (χ2n) is 4.07. The molecule has 0 heteroatoms. The summed E-state index contributed by atoms with van der Waals surface area (Å²) in [5, 5.41) is 0. The van der Waals surface area contributed by atoms with Gasteiger partial charge in [-0.05, 0) is 22.3 Å². The summed E-state index contributed by atoms with van der Waals surface area (Å²) in [6, 6.07) is 16.6. The van der Waals surface area contributed by atoms with E-state index >= 15 is 0 Å². The van der Waals surface area contributed by atoms with Crippen LogP contribution in [0.3, 0.4) is 0 Å². The molecule has 0 saturated carbocycles. The highest BCUT2D eigenvalue weighted by atomic mass is 14.0. The Kier molecular flexibility index (Phi) is 3.93. The molecule has 0 atom stereocenters. The molecule has 0 aliphatic rings.